The van der Waals surface area contributed by atoms with Crippen molar-refractivity contribution in [2.24, 2.45) is 0 Å². The highest BCUT2D eigenvalue weighted by Crippen LogP contribution is 2.26. The van der Waals surface area contributed by atoms with E-state index in [2.05, 4.69) is 15.0 Å². The molecule has 1 aromatic carbocycles. The largest absolute Gasteiger partial charge is 0.411 e. The van der Waals surface area contributed by atoms with Crippen molar-refractivity contribution in [3.05, 3.63) is 59.3 Å². The summed E-state index contributed by atoms with van der Waals surface area (Å²) >= 11 is 0.187. The molecule has 2 rings (SSSR count). The number of rotatable bonds is 8. The van der Waals surface area contributed by atoms with Gasteiger partial charge in [-0.05, 0) is 35.0 Å². The lowest BCUT2D eigenvalue weighted by Gasteiger charge is -2.10. The van der Waals surface area contributed by atoms with Crippen LogP contribution in [-0.4, -0.2) is 29.4 Å². The summed E-state index contributed by atoms with van der Waals surface area (Å²) in [5.74, 6) is -3.25. The first kappa shape index (κ1) is 21.1. The summed E-state index contributed by atoms with van der Waals surface area (Å²) < 4.78 is 65.7. The summed E-state index contributed by atoms with van der Waals surface area (Å²) in [7, 11) is 0. The summed E-state index contributed by atoms with van der Waals surface area (Å²) in [5, 5.41) is 2.53. The second-order valence-electron chi connectivity index (χ2n) is 5.34. The van der Waals surface area contributed by atoms with Crippen LogP contribution in [0.5, 0.6) is 0 Å². The van der Waals surface area contributed by atoms with Crippen molar-refractivity contribution in [1.29, 1.82) is 0 Å². The van der Waals surface area contributed by atoms with Crippen molar-refractivity contribution in [1.82, 2.24) is 10.3 Å². The molecule has 0 aliphatic carbocycles. The standard InChI is InChI=1S/C17H15F5N2O2S/c18-16(19)27-15-13(2-1-7-23-15)14(25)24-8-11-3-5-12(6-4-11)9-26-10-17(20,21)22/h1-7,16H,8-10H2,(H,24,25). The number of thioether (sulfide) groups is 1. The van der Waals surface area contributed by atoms with E-state index in [1.54, 1.807) is 24.3 Å². The number of pyridine rings is 1. The molecule has 2 aromatic rings. The Bertz CT molecular complexity index is 754. The fourth-order valence-electron chi connectivity index (χ4n) is 2.06. The number of alkyl halides is 5. The Morgan fingerprint density at radius 3 is 2.44 bits per heavy atom. The molecular formula is C17H15F5N2O2S. The zero-order valence-electron chi connectivity index (χ0n) is 13.8. The number of aromatic nitrogens is 1. The Morgan fingerprint density at radius 2 is 1.81 bits per heavy atom. The molecule has 1 amide bonds. The normalized spacial score (nSPS) is 11.6. The van der Waals surface area contributed by atoms with Crippen LogP contribution in [-0.2, 0) is 17.9 Å². The number of benzene rings is 1. The molecule has 1 N–H and O–H groups in total. The number of nitrogens with one attached hydrogen (secondary N) is 1. The first-order chi connectivity index (χ1) is 12.7. The highest BCUT2D eigenvalue weighted by molar-refractivity contribution is 7.99. The Kier molecular flexibility index (Phi) is 7.55. The van der Waals surface area contributed by atoms with Gasteiger partial charge in [-0.15, -0.1) is 0 Å². The van der Waals surface area contributed by atoms with Crippen molar-refractivity contribution < 1.29 is 31.5 Å². The van der Waals surface area contributed by atoms with Gasteiger partial charge in [-0.25, -0.2) is 4.98 Å². The molecule has 0 aliphatic rings. The van der Waals surface area contributed by atoms with E-state index < -0.39 is 24.4 Å². The number of carbonyl (C=O) groups is 1. The second-order valence-corrected chi connectivity index (χ2v) is 6.32. The molecule has 0 atom stereocenters. The average molecular weight is 406 g/mol. The van der Waals surface area contributed by atoms with Crippen molar-refractivity contribution in [3.63, 3.8) is 0 Å². The number of hydrogen-bond acceptors (Lipinski definition) is 4. The lowest BCUT2D eigenvalue weighted by molar-refractivity contribution is -0.176. The summed E-state index contributed by atoms with van der Waals surface area (Å²) in [6, 6.07) is 9.30. The van der Waals surface area contributed by atoms with E-state index >= 15 is 0 Å². The summed E-state index contributed by atoms with van der Waals surface area (Å²) in [4.78, 5) is 16.0. The van der Waals surface area contributed by atoms with E-state index in [1.807, 2.05) is 0 Å². The maximum atomic E-state index is 12.5. The maximum absolute atomic E-state index is 12.5. The predicted molar refractivity (Wildman–Crippen MR) is 89.4 cm³/mol. The molecule has 0 saturated carbocycles. The van der Waals surface area contributed by atoms with Crippen LogP contribution >= 0.6 is 11.8 Å². The molecule has 0 fully saturated rings. The van der Waals surface area contributed by atoms with Crippen molar-refractivity contribution in [2.75, 3.05) is 6.61 Å². The van der Waals surface area contributed by atoms with Crippen molar-refractivity contribution in [2.45, 2.75) is 30.1 Å². The molecule has 10 heteroatoms. The zero-order chi connectivity index (χ0) is 19.9. The van der Waals surface area contributed by atoms with Crippen LogP contribution in [0.4, 0.5) is 22.0 Å². The molecule has 0 saturated heterocycles. The van der Waals surface area contributed by atoms with E-state index in [4.69, 9.17) is 0 Å². The third-order valence-corrected chi connectivity index (χ3v) is 3.95. The number of halogens is 5. The molecule has 1 heterocycles. The minimum atomic E-state index is -4.38. The van der Waals surface area contributed by atoms with Crippen molar-refractivity contribution in [3.8, 4) is 0 Å². The molecule has 0 bridgehead atoms. The van der Waals surface area contributed by atoms with Gasteiger partial charge in [0.05, 0.1) is 12.2 Å². The van der Waals surface area contributed by atoms with Crippen LogP contribution in [0.3, 0.4) is 0 Å². The average Bonchev–Trinajstić information content (AvgIpc) is 2.59. The van der Waals surface area contributed by atoms with Crippen LogP contribution in [0.15, 0.2) is 47.6 Å². The first-order valence-corrected chi connectivity index (χ1v) is 8.53. The maximum Gasteiger partial charge on any atom is 0.411 e. The first-order valence-electron chi connectivity index (χ1n) is 7.65. The number of ether oxygens (including phenoxy) is 1. The minimum absolute atomic E-state index is 0.0416. The van der Waals surface area contributed by atoms with E-state index in [9.17, 15) is 26.7 Å². The molecule has 0 aliphatic heterocycles. The van der Waals surface area contributed by atoms with E-state index in [0.717, 1.165) is 0 Å². The van der Waals surface area contributed by atoms with Crippen LogP contribution in [0.1, 0.15) is 21.5 Å². The molecule has 1 aromatic heterocycles. The van der Waals surface area contributed by atoms with Gasteiger partial charge in [0.15, 0.2) is 0 Å². The van der Waals surface area contributed by atoms with Crippen LogP contribution in [0, 0.1) is 0 Å². The van der Waals surface area contributed by atoms with Crippen LogP contribution < -0.4 is 5.32 Å². The smallest absolute Gasteiger partial charge is 0.367 e. The highest BCUT2D eigenvalue weighted by Gasteiger charge is 2.27. The van der Waals surface area contributed by atoms with Gasteiger partial charge >= 0.3 is 6.18 Å². The van der Waals surface area contributed by atoms with E-state index in [0.29, 0.717) is 11.1 Å². The van der Waals surface area contributed by atoms with Gasteiger partial charge in [-0.2, -0.15) is 22.0 Å². The predicted octanol–water partition coefficient (Wildman–Crippen LogP) is 4.41. The third kappa shape index (κ3) is 7.51. The minimum Gasteiger partial charge on any atom is -0.367 e. The van der Waals surface area contributed by atoms with Gasteiger partial charge in [0, 0.05) is 12.7 Å². The molecule has 146 valence electrons. The Hall–Kier alpha value is -2.20. The fraction of sp³-hybridized carbons (Fsp3) is 0.294. The van der Waals surface area contributed by atoms with Gasteiger partial charge in [-0.1, -0.05) is 24.3 Å². The Balaban J connectivity index is 1.89. The summed E-state index contributed by atoms with van der Waals surface area (Å²) in [6.45, 7) is -1.39. The van der Waals surface area contributed by atoms with E-state index in [1.165, 1.54) is 18.3 Å². The van der Waals surface area contributed by atoms with Crippen LogP contribution in [0.25, 0.3) is 0 Å². The fourth-order valence-corrected chi connectivity index (χ4v) is 2.64. The van der Waals surface area contributed by atoms with Gasteiger partial charge in [0.2, 0.25) is 0 Å². The third-order valence-electron chi connectivity index (χ3n) is 3.23. The highest BCUT2D eigenvalue weighted by atomic mass is 32.2. The van der Waals surface area contributed by atoms with Crippen LogP contribution in [0.2, 0.25) is 0 Å². The molecule has 0 radical (unpaired) electrons. The second kappa shape index (κ2) is 9.65. The van der Waals surface area contributed by atoms with Crippen molar-refractivity contribution >= 4 is 17.7 Å². The number of hydrogen-bond donors (Lipinski definition) is 1. The van der Waals surface area contributed by atoms with Gasteiger partial charge in [-0.3, -0.25) is 4.79 Å². The quantitative estimate of drug-likeness (QED) is 0.521. The zero-order valence-corrected chi connectivity index (χ0v) is 14.6. The lowest BCUT2D eigenvalue weighted by Crippen LogP contribution is -2.23. The summed E-state index contributed by atoms with van der Waals surface area (Å²) in [5.41, 5.74) is 1.28. The Labute approximate surface area is 156 Å². The molecule has 4 nitrogen and oxygen atoms in total. The van der Waals surface area contributed by atoms with Gasteiger partial charge in [0.25, 0.3) is 11.7 Å². The topological polar surface area (TPSA) is 51.2 Å². The lowest BCUT2D eigenvalue weighted by atomic mass is 10.1. The van der Waals surface area contributed by atoms with E-state index in [-0.39, 0.29) is 35.5 Å². The molecular weight excluding hydrogens is 391 g/mol. The summed E-state index contributed by atoms with van der Waals surface area (Å²) in [6.07, 6.45) is -3.06. The Morgan fingerprint density at radius 1 is 1.15 bits per heavy atom. The monoisotopic (exact) mass is 406 g/mol. The number of nitrogens with zero attached hydrogens (tertiary/aromatic N) is 1. The van der Waals surface area contributed by atoms with Gasteiger partial charge in [0.1, 0.15) is 11.6 Å². The molecule has 0 spiro atoms. The molecule has 27 heavy (non-hydrogen) atoms. The number of carbonyl (C=O) groups excluding carboxylic acids is 1. The number of amides is 1. The SMILES string of the molecule is O=C(NCc1ccc(COCC(F)(F)F)cc1)c1cccnc1SC(F)F. The molecule has 0 unspecified atom stereocenters. The van der Waals surface area contributed by atoms with Gasteiger partial charge < -0.3 is 10.1 Å².